The lowest BCUT2D eigenvalue weighted by Crippen LogP contribution is -2.55. The first-order chi connectivity index (χ1) is 14.1. The molecule has 2 aliphatic rings. The summed E-state index contributed by atoms with van der Waals surface area (Å²) in [7, 11) is 0. The largest absolute Gasteiger partial charge is 0.379 e. The van der Waals surface area contributed by atoms with E-state index >= 15 is 0 Å². The Balaban J connectivity index is 0.00000320. The van der Waals surface area contributed by atoms with Gasteiger partial charge in [0.1, 0.15) is 0 Å². The van der Waals surface area contributed by atoms with Gasteiger partial charge < -0.3 is 15.4 Å². The molecular formula is C23H39ClN4O2. The monoisotopic (exact) mass is 438 g/mol. The second kappa shape index (κ2) is 13.3. The Kier molecular flexibility index (Phi) is 11.1. The van der Waals surface area contributed by atoms with Crippen LogP contribution in [-0.2, 0) is 16.1 Å². The van der Waals surface area contributed by atoms with E-state index in [0.29, 0.717) is 31.5 Å². The number of hydrogen-bond acceptors (Lipinski definition) is 5. The van der Waals surface area contributed by atoms with Crippen molar-refractivity contribution in [3.8, 4) is 0 Å². The first-order valence-electron chi connectivity index (χ1n) is 11.3. The van der Waals surface area contributed by atoms with E-state index < -0.39 is 0 Å². The Labute approximate surface area is 187 Å². The van der Waals surface area contributed by atoms with Gasteiger partial charge in [0.25, 0.3) is 0 Å². The van der Waals surface area contributed by atoms with Crippen molar-refractivity contribution >= 4 is 18.3 Å². The van der Waals surface area contributed by atoms with Crippen molar-refractivity contribution in [1.82, 2.24) is 20.5 Å². The molecule has 2 N–H and O–H groups in total. The third-order valence-corrected chi connectivity index (χ3v) is 6.03. The maximum atomic E-state index is 12.1. The molecule has 0 aromatic carbocycles. The molecule has 2 bridgehead atoms. The Hall–Kier alpha value is -1.21. The topological polar surface area (TPSA) is 66.5 Å². The molecule has 7 heteroatoms. The lowest BCUT2D eigenvalue weighted by Gasteiger charge is -2.46. The van der Waals surface area contributed by atoms with Crippen LogP contribution in [0.25, 0.3) is 0 Å². The molecule has 0 radical (unpaired) electrons. The fourth-order valence-electron chi connectivity index (χ4n) is 4.68. The zero-order valence-corrected chi connectivity index (χ0v) is 19.3. The number of halogens is 1. The summed E-state index contributed by atoms with van der Waals surface area (Å²) in [5.74, 6) is 1.61. The van der Waals surface area contributed by atoms with Crippen LogP contribution in [-0.4, -0.2) is 60.7 Å². The SMILES string of the molecule is CC(C)OCCCNC(=O)CCC[C@H]1NCC2CC1CN(Cc1cccnc1)C2.Cl. The minimum absolute atomic E-state index is 0. The van der Waals surface area contributed by atoms with Gasteiger partial charge in [-0.05, 0) is 69.5 Å². The second-order valence-electron chi connectivity index (χ2n) is 8.95. The van der Waals surface area contributed by atoms with Crippen LogP contribution in [0.5, 0.6) is 0 Å². The molecule has 0 saturated carbocycles. The number of pyridine rings is 1. The van der Waals surface area contributed by atoms with Crippen LogP contribution in [0.2, 0.25) is 0 Å². The van der Waals surface area contributed by atoms with Crippen LogP contribution in [0, 0.1) is 11.8 Å². The molecule has 6 nitrogen and oxygen atoms in total. The van der Waals surface area contributed by atoms with Crippen LogP contribution < -0.4 is 10.6 Å². The van der Waals surface area contributed by atoms with Gasteiger partial charge in [-0.15, -0.1) is 12.4 Å². The van der Waals surface area contributed by atoms with Crippen LogP contribution in [0.4, 0.5) is 0 Å². The number of nitrogens with zero attached hydrogens (tertiary/aromatic N) is 2. The van der Waals surface area contributed by atoms with Crippen molar-refractivity contribution < 1.29 is 9.53 Å². The number of nitrogens with one attached hydrogen (secondary N) is 2. The van der Waals surface area contributed by atoms with E-state index in [0.717, 1.165) is 44.8 Å². The molecule has 2 unspecified atom stereocenters. The summed E-state index contributed by atoms with van der Waals surface area (Å²) in [6.07, 6.45) is 8.94. The summed E-state index contributed by atoms with van der Waals surface area (Å²) >= 11 is 0. The van der Waals surface area contributed by atoms with E-state index in [1.54, 1.807) is 0 Å². The Morgan fingerprint density at radius 1 is 1.37 bits per heavy atom. The first kappa shape index (κ1) is 25.1. The third kappa shape index (κ3) is 8.50. The number of likely N-dealkylation sites (tertiary alicyclic amines) is 1. The van der Waals surface area contributed by atoms with E-state index in [4.69, 9.17) is 4.74 Å². The van der Waals surface area contributed by atoms with Crippen LogP contribution in [0.15, 0.2) is 24.5 Å². The summed E-state index contributed by atoms with van der Waals surface area (Å²) < 4.78 is 5.50. The number of amides is 1. The maximum absolute atomic E-state index is 12.1. The molecule has 1 amide bonds. The van der Waals surface area contributed by atoms with Crippen molar-refractivity contribution in [3.05, 3.63) is 30.1 Å². The smallest absolute Gasteiger partial charge is 0.219 e. The van der Waals surface area contributed by atoms with Gasteiger partial charge >= 0.3 is 0 Å². The molecule has 2 aliphatic heterocycles. The van der Waals surface area contributed by atoms with Gasteiger partial charge in [0.2, 0.25) is 5.91 Å². The molecule has 170 valence electrons. The van der Waals surface area contributed by atoms with E-state index in [9.17, 15) is 4.79 Å². The first-order valence-corrected chi connectivity index (χ1v) is 11.3. The van der Waals surface area contributed by atoms with E-state index in [2.05, 4.69) is 26.6 Å². The average Bonchev–Trinajstić information content (AvgIpc) is 2.70. The number of piperidine rings is 2. The molecule has 1 aromatic rings. The van der Waals surface area contributed by atoms with E-state index in [1.165, 1.54) is 18.5 Å². The molecule has 30 heavy (non-hydrogen) atoms. The van der Waals surface area contributed by atoms with E-state index in [-0.39, 0.29) is 24.4 Å². The summed E-state index contributed by atoms with van der Waals surface area (Å²) in [5, 5.41) is 6.78. The van der Waals surface area contributed by atoms with E-state index in [1.807, 2.05) is 32.3 Å². The minimum Gasteiger partial charge on any atom is -0.379 e. The number of rotatable bonds is 11. The van der Waals surface area contributed by atoms with Crippen molar-refractivity contribution in [1.29, 1.82) is 0 Å². The molecule has 3 atom stereocenters. The summed E-state index contributed by atoms with van der Waals surface area (Å²) in [5.41, 5.74) is 1.30. The lowest BCUT2D eigenvalue weighted by molar-refractivity contribution is -0.121. The van der Waals surface area contributed by atoms with Gasteiger partial charge in [0, 0.05) is 57.6 Å². The van der Waals surface area contributed by atoms with Gasteiger partial charge in [0.05, 0.1) is 6.10 Å². The number of ether oxygens (including phenoxy) is 1. The van der Waals surface area contributed by atoms with Crippen molar-refractivity contribution in [2.24, 2.45) is 11.8 Å². The number of aromatic nitrogens is 1. The highest BCUT2D eigenvalue weighted by atomic mass is 35.5. The lowest BCUT2D eigenvalue weighted by atomic mass is 9.79. The molecule has 3 heterocycles. The summed E-state index contributed by atoms with van der Waals surface area (Å²) in [6, 6.07) is 4.73. The quantitative estimate of drug-likeness (QED) is 0.520. The highest BCUT2D eigenvalue weighted by molar-refractivity contribution is 5.85. The predicted octanol–water partition coefficient (Wildman–Crippen LogP) is 3.01. The van der Waals surface area contributed by atoms with Gasteiger partial charge in [0.15, 0.2) is 0 Å². The van der Waals surface area contributed by atoms with Gasteiger partial charge in [-0.3, -0.25) is 14.7 Å². The fourth-order valence-corrected chi connectivity index (χ4v) is 4.68. The molecule has 2 saturated heterocycles. The molecule has 0 aliphatic carbocycles. The fraction of sp³-hybridized carbons (Fsp3) is 0.739. The standard InChI is InChI=1S/C23H38N4O2.ClH/c1-18(2)29-11-5-10-25-23(28)8-3-7-22-21-12-20(14-26-22)16-27(17-21)15-19-6-4-9-24-13-19;/h4,6,9,13,18,20-22,26H,3,5,7-8,10-12,14-17H2,1-2H3,(H,25,28);1H/t20?,21?,22-;/m1./s1. The van der Waals surface area contributed by atoms with Crippen LogP contribution in [0.3, 0.4) is 0 Å². The maximum Gasteiger partial charge on any atom is 0.219 e. The van der Waals surface area contributed by atoms with Gasteiger partial charge in [-0.1, -0.05) is 6.07 Å². The number of hydrogen-bond donors (Lipinski definition) is 2. The van der Waals surface area contributed by atoms with Crippen molar-refractivity contribution in [3.63, 3.8) is 0 Å². The molecule has 2 fully saturated rings. The third-order valence-electron chi connectivity index (χ3n) is 6.03. The molecule has 1 aromatic heterocycles. The summed E-state index contributed by atoms with van der Waals surface area (Å²) in [4.78, 5) is 18.9. The van der Waals surface area contributed by atoms with Crippen LogP contribution in [0.1, 0.15) is 51.5 Å². The number of carbonyl (C=O) groups is 1. The second-order valence-corrected chi connectivity index (χ2v) is 8.95. The normalized spacial score (nSPS) is 23.8. The van der Waals surface area contributed by atoms with Crippen LogP contribution >= 0.6 is 12.4 Å². The Morgan fingerprint density at radius 3 is 3.00 bits per heavy atom. The van der Waals surface area contributed by atoms with Gasteiger partial charge in [-0.25, -0.2) is 0 Å². The minimum atomic E-state index is 0. The Morgan fingerprint density at radius 2 is 2.23 bits per heavy atom. The molecule has 0 spiro atoms. The van der Waals surface area contributed by atoms with Crippen molar-refractivity contribution in [2.45, 2.75) is 64.6 Å². The molecular weight excluding hydrogens is 400 g/mol. The highest BCUT2D eigenvalue weighted by Gasteiger charge is 2.36. The number of carbonyl (C=O) groups excluding carboxylic acids is 1. The molecule has 3 rings (SSSR count). The van der Waals surface area contributed by atoms with Crippen molar-refractivity contribution in [2.75, 3.05) is 32.8 Å². The zero-order valence-electron chi connectivity index (χ0n) is 18.5. The Bertz CT molecular complexity index is 616. The highest BCUT2D eigenvalue weighted by Crippen LogP contribution is 2.31. The average molecular weight is 439 g/mol. The summed E-state index contributed by atoms with van der Waals surface area (Å²) in [6.45, 7) is 9.90. The van der Waals surface area contributed by atoms with Gasteiger partial charge in [-0.2, -0.15) is 0 Å². The predicted molar refractivity (Wildman–Crippen MR) is 123 cm³/mol. The zero-order chi connectivity index (χ0) is 20.5. The number of fused-ring (bicyclic) bond motifs is 2.